The van der Waals surface area contributed by atoms with Gasteiger partial charge < -0.3 is 11.5 Å². The van der Waals surface area contributed by atoms with Crippen LogP contribution >= 0.6 is 10.0 Å². The molecule has 4 N–H and O–H groups in total. The molecule has 2 rings (SSSR count). The molecule has 0 spiro atoms. The van der Waals surface area contributed by atoms with Crippen molar-refractivity contribution in [1.82, 2.24) is 0 Å². The van der Waals surface area contributed by atoms with E-state index in [0.717, 1.165) is 0 Å². The molecule has 0 aliphatic carbocycles. The molecule has 0 saturated heterocycles. The van der Waals surface area contributed by atoms with E-state index in [9.17, 15) is 9.59 Å². The van der Waals surface area contributed by atoms with E-state index in [1.807, 2.05) is 0 Å². The molecule has 0 atom stereocenters. The van der Waals surface area contributed by atoms with Crippen molar-refractivity contribution < 1.29 is 9.59 Å². The highest BCUT2D eigenvalue weighted by molar-refractivity contribution is 8.55. The van der Waals surface area contributed by atoms with Gasteiger partial charge in [-0.05, 0) is 34.3 Å². The molecule has 2 aromatic rings. The lowest BCUT2D eigenvalue weighted by atomic mass is 10.4. The summed E-state index contributed by atoms with van der Waals surface area (Å²) in [4.78, 5) is 25.2. The van der Waals surface area contributed by atoms with Crippen LogP contribution in [0.4, 0.5) is 9.59 Å². The summed E-state index contributed by atoms with van der Waals surface area (Å²) in [6, 6.07) is 17.5. The van der Waals surface area contributed by atoms with E-state index >= 15 is 0 Å². The smallest absolute Gasteiger partial charge is 0.275 e. The number of carbonyl (C=O) groups excluding carboxylic acids is 2. The summed E-state index contributed by atoms with van der Waals surface area (Å²) in [5.41, 5.74) is 11.1. The van der Waals surface area contributed by atoms with Gasteiger partial charge in [-0.1, -0.05) is 36.4 Å². The second-order valence-corrected chi connectivity index (χ2v) is 6.85. The molecule has 4 nitrogen and oxygen atoms in total. The first-order valence-corrected chi connectivity index (χ1v) is 7.26. The fourth-order valence-electron chi connectivity index (χ4n) is 1.95. The zero-order valence-electron chi connectivity index (χ0n) is 10.2. The van der Waals surface area contributed by atoms with Crippen LogP contribution in [0.15, 0.2) is 70.5 Å². The van der Waals surface area contributed by atoms with Crippen LogP contribution in [-0.4, -0.2) is 10.5 Å². The zero-order valence-corrected chi connectivity index (χ0v) is 11.0. The Kier molecular flexibility index (Phi) is 3.57. The minimum Gasteiger partial charge on any atom is -0.361 e. The predicted molar refractivity (Wildman–Crippen MR) is 76.2 cm³/mol. The highest BCUT2D eigenvalue weighted by Gasteiger charge is 2.40. The summed E-state index contributed by atoms with van der Waals surface area (Å²) in [7, 11) is -2.71. The Morgan fingerprint density at radius 1 is 0.684 bits per heavy atom. The Morgan fingerprint density at radius 3 is 1.26 bits per heavy atom. The summed E-state index contributed by atoms with van der Waals surface area (Å²) in [5.74, 6) is 0. The van der Waals surface area contributed by atoms with Gasteiger partial charge in [0.2, 0.25) is 0 Å². The van der Waals surface area contributed by atoms with Crippen molar-refractivity contribution >= 4 is 20.5 Å². The maximum Gasteiger partial charge on any atom is 0.275 e. The molecule has 19 heavy (non-hydrogen) atoms. The highest BCUT2D eigenvalue weighted by Crippen LogP contribution is 2.62. The summed E-state index contributed by atoms with van der Waals surface area (Å²) >= 11 is 0. The SMILES string of the molecule is NC(=O)S(C(N)=O)(c1ccccc1)c1ccccc1. The average molecular weight is 274 g/mol. The second-order valence-electron chi connectivity index (χ2n) is 3.88. The first kappa shape index (κ1) is 13.2. The van der Waals surface area contributed by atoms with E-state index in [4.69, 9.17) is 11.5 Å². The Bertz CT molecular complexity index is 544. The van der Waals surface area contributed by atoms with Crippen LogP contribution in [0.5, 0.6) is 0 Å². The summed E-state index contributed by atoms with van der Waals surface area (Å²) < 4.78 is 0. The third kappa shape index (κ3) is 2.08. The number of nitrogens with two attached hydrogens (primary N) is 2. The summed E-state index contributed by atoms with van der Waals surface area (Å²) in [5, 5.41) is -1.39. The maximum absolute atomic E-state index is 12.0. The van der Waals surface area contributed by atoms with Gasteiger partial charge in [-0.25, -0.2) is 0 Å². The van der Waals surface area contributed by atoms with Gasteiger partial charge in [-0.15, -0.1) is 0 Å². The molecule has 0 unspecified atom stereocenters. The monoisotopic (exact) mass is 274 g/mol. The maximum atomic E-state index is 12.0. The van der Waals surface area contributed by atoms with Gasteiger partial charge in [0.15, 0.2) is 0 Å². The number of rotatable bonds is 2. The summed E-state index contributed by atoms with van der Waals surface area (Å²) in [6.45, 7) is 0. The van der Waals surface area contributed by atoms with Crippen LogP contribution in [0.25, 0.3) is 0 Å². The quantitative estimate of drug-likeness (QED) is 0.881. The van der Waals surface area contributed by atoms with Crippen molar-refractivity contribution in [3.63, 3.8) is 0 Å². The molecule has 98 valence electrons. The Hall–Kier alpha value is -2.27. The number of primary amides is 2. The zero-order chi connectivity index (χ0) is 13.9. The van der Waals surface area contributed by atoms with Crippen LogP contribution < -0.4 is 11.5 Å². The van der Waals surface area contributed by atoms with Gasteiger partial charge in [-0.2, -0.15) is 0 Å². The van der Waals surface area contributed by atoms with Crippen LogP contribution in [-0.2, 0) is 0 Å². The molecule has 5 heteroatoms. The van der Waals surface area contributed by atoms with Gasteiger partial charge in [-0.3, -0.25) is 9.59 Å². The van der Waals surface area contributed by atoms with Crippen molar-refractivity contribution in [2.75, 3.05) is 0 Å². The van der Waals surface area contributed by atoms with Crippen LogP contribution in [0.3, 0.4) is 0 Å². The Labute approximate surface area is 112 Å². The molecule has 0 bridgehead atoms. The van der Waals surface area contributed by atoms with Crippen molar-refractivity contribution in [2.45, 2.75) is 9.79 Å². The van der Waals surface area contributed by atoms with Crippen molar-refractivity contribution in [2.24, 2.45) is 11.5 Å². The van der Waals surface area contributed by atoms with Gasteiger partial charge >= 0.3 is 0 Å². The normalized spacial score (nSPS) is 11.8. The molecule has 0 aliphatic rings. The van der Waals surface area contributed by atoms with Gasteiger partial charge in [0.1, 0.15) is 0 Å². The molecular formula is C14H14N2O2S. The second kappa shape index (κ2) is 5.16. The fourth-order valence-corrected chi connectivity index (χ4v) is 4.48. The molecule has 0 heterocycles. The highest BCUT2D eigenvalue weighted by atomic mass is 32.3. The van der Waals surface area contributed by atoms with Gasteiger partial charge in [0, 0.05) is 9.79 Å². The minimum absolute atomic E-state index is 0.557. The van der Waals surface area contributed by atoms with Crippen LogP contribution in [0, 0.1) is 0 Å². The van der Waals surface area contributed by atoms with E-state index in [1.54, 1.807) is 60.7 Å². The minimum atomic E-state index is -2.71. The van der Waals surface area contributed by atoms with Crippen LogP contribution in [0.1, 0.15) is 0 Å². The van der Waals surface area contributed by atoms with E-state index in [1.165, 1.54) is 0 Å². The third-order valence-corrected chi connectivity index (χ3v) is 5.96. The topological polar surface area (TPSA) is 86.2 Å². The largest absolute Gasteiger partial charge is 0.361 e. The number of benzene rings is 2. The number of hydrogen-bond donors (Lipinski definition) is 2. The van der Waals surface area contributed by atoms with Gasteiger partial charge in [0.25, 0.3) is 10.5 Å². The van der Waals surface area contributed by atoms with Crippen molar-refractivity contribution in [3.8, 4) is 0 Å². The van der Waals surface area contributed by atoms with E-state index < -0.39 is 20.5 Å². The molecule has 2 aromatic carbocycles. The Morgan fingerprint density at radius 2 is 1.00 bits per heavy atom. The standard InChI is InChI=1S/C14H14N2O2S/c15-13(17)19(14(16)18,11-7-3-1-4-8-11)12-9-5-2-6-10-12/h1-10H,(H2,15,17)(H2,16,18). The molecule has 0 aromatic heterocycles. The molecule has 0 saturated carbocycles. The van der Waals surface area contributed by atoms with Crippen LogP contribution in [0.2, 0.25) is 0 Å². The number of hydrogen-bond acceptors (Lipinski definition) is 2. The van der Waals surface area contributed by atoms with Crippen molar-refractivity contribution in [1.29, 1.82) is 0 Å². The fraction of sp³-hybridized carbons (Fsp3) is 0. The van der Waals surface area contributed by atoms with E-state index in [2.05, 4.69) is 0 Å². The lowest BCUT2D eigenvalue weighted by Gasteiger charge is -2.33. The van der Waals surface area contributed by atoms with E-state index in [-0.39, 0.29) is 0 Å². The predicted octanol–water partition coefficient (Wildman–Crippen LogP) is 3.07. The first-order chi connectivity index (χ1) is 9.10. The molecule has 2 amide bonds. The molecule has 0 fully saturated rings. The number of amides is 2. The first-order valence-electron chi connectivity index (χ1n) is 5.62. The molecule has 0 aliphatic heterocycles. The average Bonchev–Trinajstić information content (AvgIpc) is 2.41. The van der Waals surface area contributed by atoms with E-state index in [0.29, 0.717) is 9.79 Å². The van der Waals surface area contributed by atoms with Gasteiger partial charge in [0.05, 0.1) is 0 Å². The molecular weight excluding hydrogens is 260 g/mol. The lowest BCUT2D eigenvalue weighted by Crippen LogP contribution is -2.30. The summed E-state index contributed by atoms with van der Waals surface area (Å²) in [6.07, 6.45) is 0. The number of carbonyl (C=O) groups is 2. The lowest BCUT2D eigenvalue weighted by molar-refractivity contribution is 0.263. The molecule has 0 radical (unpaired) electrons. The Balaban J connectivity index is 2.77. The third-order valence-electron chi connectivity index (χ3n) is 2.80. The van der Waals surface area contributed by atoms with Crippen molar-refractivity contribution in [3.05, 3.63) is 60.7 Å².